The van der Waals surface area contributed by atoms with E-state index in [1.54, 1.807) is 0 Å². The van der Waals surface area contributed by atoms with E-state index in [9.17, 15) is 4.79 Å². The van der Waals surface area contributed by atoms with E-state index < -0.39 is 0 Å². The Labute approximate surface area is 117 Å². The number of morpholine rings is 1. The Morgan fingerprint density at radius 3 is 2.42 bits per heavy atom. The summed E-state index contributed by atoms with van der Waals surface area (Å²) in [4.78, 5) is 16.3. The Balaban J connectivity index is 2.31. The number of rotatable bonds is 5. The van der Waals surface area contributed by atoms with Crippen molar-refractivity contribution in [3.8, 4) is 0 Å². The van der Waals surface area contributed by atoms with Crippen LogP contribution in [0, 0.1) is 0 Å². The van der Waals surface area contributed by atoms with Gasteiger partial charge in [-0.1, -0.05) is 6.92 Å². The van der Waals surface area contributed by atoms with Gasteiger partial charge in [0, 0.05) is 32.2 Å². The SMILES string of the molecule is CCN(CCNC(=O)N1CC(C)OC(C)C1)C(C)C. The molecule has 1 heterocycles. The summed E-state index contributed by atoms with van der Waals surface area (Å²) >= 11 is 0. The van der Waals surface area contributed by atoms with E-state index in [1.807, 2.05) is 18.7 Å². The van der Waals surface area contributed by atoms with E-state index in [4.69, 9.17) is 4.74 Å². The van der Waals surface area contributed by atoms with Gasteiger partial charge in [0.2, 0.25) is 0 Å². The van der Waals surface area contributed by atoms with E-state index in [1.165, 1.54) is 0 Å². The van der Waals surface area contributed by atoms with Gasteiger partial charge in [-0.3, -0.25) is 4.90 Å². The molecule has 0 aliphatic carbocycles. The first kappa shape index (κ1) is 16.2. The summed E-state index contributed by atoms with van der Waals surface area (Å²) in [5.41, 5.74) is 0. The second-order valence-electron chi connectivity index (χ2n) is 5.62. The molecule has 1 saturated heterocycles. The Bertz CT molecular complexity index is 274. The van der Waals surface area contributed by atoms with Crippen LogP contribution >= 0.6 is 0 Å². The van der Waals surface area contributed by atoms with Crippen LogP contribution < -0.4 is 5.32 Å². The van der Waals surface area contributed by atoms with Crippen molar-refractivity contribution in [2.75, 3.05) is 32.7 Å². The van der Waals surface area contributed by atoms with E-state index in [0.717, 1.165) is 13.1 Å². The maximum atomic E-state index is 12.1. The molecule has 0 spiro atoms. The molecule has 19 heavy (non-hydrogen) atoms. The van der Waals surface area contributed by atoms with Crippen LogP contribution in [0.25, 0.3) is 0 Å². The number of nitrogens with zero attached hydrogens (tertiary/aromatic N) is 2. The maximum Gasteiger partial charge on any atom is 0.317 e. The van der Waals surface area contributed by atoms with Crippen LogP contribution in [-0.2, 0) is 4.74 Å². The van der Waals surface area contributed by atoms with Crippen LogP contribution in [0.3, 0.4) is 0 Å². The third-order valence-electron chi connectivity index (χ3n) is 3.52. The molecule has 0 bridgehead atoms. The van der Waals surface area contributed by atoms with Crippen LogP contribution in [0.5, 0.6) is 0 Å². The number of urea groups is 1. The number of carbonyl (C=O) groups excluding carboxylic acids is 1. The van der Waals surface area contributed by atoms with E-state index in [2.05, 4.69) is 31.0 Å². The largest absolute Gasteiger partial charge is 0.372 e. The molecule has 0 saturated carbocycles. The molecular weight excluding hydrogens is 242 g/mol. The third kappa shape index (κ3) is 5.37. The zero-order chi connectivity index (χ0) is 14.4. The molecule has 2 atom stereocenters. The van der Waals surface area contributed by atoms with Crippen LogP contribution in [0.1, 0.15) is 34.6 Å². The van der Waals surface area contributed by atoms with Gasteiger partial charge in [0.15, 0.2) is 0 Å². The lowest BCUT2D eigenvalue weighted by molar-refractivity contribution is -0.0545. The number of likely N-dealkylation sites (N-methyl/N-ethyl adjacent to an activating group) is 1. The summed E-state index contributed by atoms with van der Waals surface area (Å²) in [6, 6.07) is 0.548. The standard InChI is InChI=1S/C14H29N3O2/c1-6-16(11(2)3)8-7-15-14(18)17-9-12(4)19-13(5)10-17/h11-13H,6-10H2,1-5H3,(H,15,18). The highest BCUT2D eigenvalue weighted by atomic mass is 16.5. The maximum absolute atomic E-state index is 12.1. The monoisotopic (exact) mass is 271 g/mol. The van der Waals surface area contributed by atoms with Crippen LogP contribution in [0.15, 0.2) is 0 Å². The molecule has 112 valence electrons. The van der Waals surface area contributed by atoms with E-state index in [0.29, 0.717) is 25.7 Å². The Kier molecular flexibility index (Phi) is 6.58. The van der Waals surface area contributed by atoms with Crippen molar-refractivity contribution in [3.63, 3.8) is 0 Å². The lowest BCUT2D eigenvalue weighted by Crippen LogP contribution is -2.52. The van der Waals surface area contributed by atoms with Gasteiger partial charge in [-0.05, 0) is 34.2 Å². The van der Waals surface area contributed by atoms with Crippen molar-refractivity contribution < 1.29 is 9.53 Å². The summed E-state index contributed by atoms with van der Waals surface area (Å²) in [6.45, 7) is 14.5. The molecule has 5 heteroatoms. The van der Waals surface area contributed by atoms with Gasteiger partial charge in [-0.2, -0.15) is 0 Å². The average Bonchev–Trinajstić information content (AvgIpc) is 2.32. The number of hydrogen-bond acceptors (Lipinski definition) is 3. The predicted octanol–water partition coefficient (Wildman–Crippen LogP) is 1.54. The fraction of sp³-hybridized carbons (Fsp3) is 0.929. The molecule has 0 aromatic rings. The normalized spacial score (nSPS) is 24.1. The predicted molar refractivity (Wildman–Crippen MR) is 77.4 cm³/mol. The number of hydrogen-bond donors (Lipinski definition) is 1. The average molecular weight is 271 g/mol. The first-order valence-electron chi connectivity index (χ1n) is 7.36. The second kappa shape index (κ2) is 7.70. The highest BCUT2D eigenvalue weighted by molar-refractivity contribution is 5.74. The van der Waals surface area contributed by atoms with Gasteiger partial charge in [0.1, 0.15) is 0 Å². The Hall–Kier alpha value is -0.810. The summed E-state index contributed by atoms with van der Waals surface area (Å²) < 4.78 is 5.63. The molecule has 1 rings (SSSR count). The minimum atomic E-state index is 0.0295. The molecule has 0 aromatic carbocycles. The van der Waals surface area contributed by atoms with Gasteiger partial charge >= 0.3 is 6.03 Å². The Morgan fingerprint density at radius 2 is 1.95 bits per heavy atom. The lowest BCUT2D eigenvalue weighted by atomic mass is 10.2. The lowest BCUT2D eigenvalue weighted by Gasteiger charge is -2.35. The first-order valence-corrected chi connectivity index (χ1v) is 7.36. The van der Waals surface area contributed by atoms with Crippen molar-refractivity contribution in [1.82, 2.24) is 15.1 Å². The van der Waals surface area contributed by atoms with Crippen molar-refractivity contribution in [1.29, 1.82) is 0 Å². The fourth-order valence-corrected chi connectivity index (χ4v) is 2.54. The van der Waals surface area contributed by atoms with Gasteiger partial charge in [0.05, 0.1) is 12.2 Å². The van der Waals surface area contributed by atoms with Crippen LogP contribution in [-0.4, -0.2) is 66.8 Å². The van der Waals surface area contributed by atoms with Gasteiger partial charge in [-0.25, -0.2) is 4.79 Å². The molecule has 2 unspecified atom stereocenters. The molecule has 0 aromatic heterocycles. The topological polar surface area (TPSA) is 44.8 Å². The number of amides is 2. The summed E-state index contributed by atoms with van der Waals surface area (Å²) in [7, 11) is 0. The minimum Gasteiger partial charge on any atom is -0.372 e. The van der Waals surface area contributed by atoms with Crippen molar-refractivity contribution in [3.05, 3.63) is 0 Å². The van der Waals surface area contributed by atoms with Crippen molar-refractivity contribution >= 4 is 6.03 Å². The molecule has 5 nitrogen and oxygen atoms in total. The molecule has 1 aliphatic rings. The van der Waals surface area contributed by atoms with Crippen LogP contribution in [0.4, 0.5) is 4.79 Å². The number of carbonyl (C=O) groups is 1. The van der Waals surface area contributed by atoms with E-state index in [-0.39, 0.29) is 18.2 Å². The summed E-state index contributed by atoms with van der Waals surface area (Å²) in [5.74, 6) is 0. The molecule has 0 radical (unpaired) electrons. The quantitative estimate of drug-likeness (QED) is 0.825. The summed E-state index contributed by atoms with van der Waals surface area (Å²) in [6.07, 6.45) is 0.245. The Morgan fingerprint density at radius 1 is 1.37 bits per heavy atom. The molecular formula is C14H29N3O2. The van der Waals surface area contributed by atoms with Crippen molar-refractivity contribution in [2.24, 2.45) is 0 Å². The highest BCUT2D eigenvalue weighted by Gasteiger charge is 2.25. The molecule has 2 amide bonds. The second-order valence-corrected chi connectivity index (χ2v) is 5.62. The molecule has 1 N–H and O–H groups in total. The number of nitrogens with one attached hydrogen (secondary N) is 1. The molecule has 1 aliphatic heterocycles. The fourth-order valence-electron chi connectivity index (χ4n) is 2.54. The van der Waals surface area contributed by atoms with Gasteiger partial charge < -0.3 is 15.0 Å². The zero-order valence-corrected chi connectivity index (χ0v) is 13.0. The smallest absolute Gasteiger partial charge is 0.317 e. The van der Waals surface area contributed by atoms with Gasteiger partial charge in [-0.15, -0.1) is 0 Å². The summed E-state index contributed by atoms with van der Waals surface area (Å²) in [5, 5.41) is 3.00. The van der Waals surface area contributed by atoms with Crippen LogP contribution in [0.2, 0.25) is 0 Å². The zero-order valence-electron chi connectivity index (χ0n) is 13.0. The number of ether oxygens (including phenoxy) is 1. The van der Waals surface area contributed by atoms with E-state index >= 15 is 0 Å². The third-order valence-corrected chi connectivity index (χ3v) is 3.52. The highest BCUT2D eigenvalue weighted by Crippen LogP contribution is 2.10. The van der Waals surface area contributed by atoms with Gasteiger partial charge in [0.25, 0.3) is 0 Å². The molecule has 1 fully saturated rings. The first-order chi connectivity index (χ1) is 8.93. The minimum absolute atomic E-state index is 0.0295. The van der Waals surface area contributed by atoms with Crippen molar-refractivity contribution in [2.45, 2.75) is 52.9 Å².